The predicted molar refractivity (Wildman–Crippen MR) is 102 cm³/mol. The van der Waals surface area contributed by atoms with Crippen LogP contribution in [0.15, 0.2) is 60.7 Å². The first-order valence-electron chi connectivity index (χ1n) is 8.53. The fraction of sp³-hybridized carbons (Fsp3) is 0.182. The molecule has 0 aliphatic heterocycles. The Bertz CT molecular complexity index is 899. The van der Waals surface area contributed by atoms with Gasteiger partial charge in [0.15, 0.2) is 0 Å². The van der Waals surface area contributed by atoms with Crippen LogP contribution in [-0.4, -0.2) is 17.6 Å². The van der Waals surface area contributed by atoms with Gasteiger partial charge in [0.05, 0.1) is 17.8 Å². The van der Waals surface area contributed by atoms with Crippen LogP contribution in [0.4, 0.5) is 0 Å². The summed E-state index contributed by atoms with van der Waals surface area (Å²) in [6, 6.07) is 20.4. The van der Waals surface area contributed by atoms with Gasteiger partial charge in [0.25, 0.3) is 0 Å². The average Bonchev–Trinajstić information content (AvgIpc) is 2.65. The molecule has 0 fully saturated rings. The molecule has 1 aromatic heterocycles. The van der Waals surface area contributed by atoms with Crippen LogP contribution in [0.2, 0.25) is 0 Å². The van der Waals surface area contributed by atoms with Gasteiger partial charge in [-0.2, -0.15) is 0 Å². The van der Waals surface area contributed by atoms with Gasteiger partial charge in [0.2, 0.25) is 0 Å². The maximum atomic E-state index is 11.5. The quantitative estimate of drug-likeness (QED) is 0.603. The molecule has 3 nitrogen and oxygen atoms in total. The van der Waals surface area contributed by atoms with Crippen LogP contribution < -0.4 is 0 Å². The fourth-order valence-corrected chi connectivity index (χ4v) is 2.69. The molecule has 3 rings (SSSR count). The number of pyridine rings is 1. The van der Waals surface area contributed by atoms with Crippen molar-refractivity contribution in [1.29, 1.82) is 0 Å². The number of carbonyl (C=O) groups excluding carboxylic acids is 1. The summed E-state index contributed by atoms with van der Waals surface area (Å²) in [5.41, 5.74) is 4.14. The van der Waals surface area contributed by atoms with Crippen LogP contribution in [0.5, 0.6) is 0 Å². The number of benzene rings is 2. The van der Waals surface area contributed by atoms with Gasteiger partial charge < -0.3 is 4.74 Å². The Morgan fingerprint density at radius 2 is 1.92 bits per heavy atom. The van der Waals surface area contributed by atoms with E-state index in [0.29, 0.717) is 19.4 Å². The van der Waals surface area contributed by atoms with E-state index in [4.69, 9.17) is 4.74 Å². The van der Waals surface area contributed by atoms with Crippen LogP contribution >= 0.6 is 0 Å². The Kier molecular flexibility index (Phi) is 5.57. The van der Waals surface area contributed by atoms with Crippen LogP contribution in [0, 0.1) is 0 Å². The normalized spacial score (nSPS) is 11.1. The highest BCUT2D eigenvalue weighted by Gasteiger charge is 2.02. The van der Waals surface area contributed by atoms with Crippen LogP contribution in [0.25, 0.3) is 23.1 Å². The maximum absolute atomic E-state index is 11.5. The lowest BCUT2D eigenvalue weighted by Gasteiger charge is -2.03. The number of nitrogens with zero attached hydrogens (tertiary/aromatic N) is 1. The lowest BCUT2D eigenvalue weighted by molar-refractivity contribution is -0.143. The molecule has 2 aromatic carbocycles. The molecule has 126 valence electrons. The summed E-state index contributed by atoms with van der Waals surface area (Å²) in [6.07, 6.45) is 5.16. The van der Waals surface area contributed by atoms with E-state index in [1.54, 1.807) is 0 Å². The molecule has 0 spiro atoms. The number of hydrogen-bond acceptors (Lipinski definition) is 3. The van der Waals surface area contributed by atoms with Gasteiger partial charge in [-0.3, -0.25) is 4.79 Å². The summed E-state index contributed by atoms with van der Waals surface area (Å²) in [6.45, 7) is 2.25. The highest BCUT2D eigenvalue weighted by Crippen LogP contribution is 2.15. The molecule has 0 N–H and O–H groups in total. The van der Waals surface area contributed by atoms with Crippen LogP contribution in [0.3, 0.4) is 0 Å². The molecule has 1 heterocycles. The topological polar surface area (TPSA) is 39.2 Å². The first-order valence-corrected chi connectivity index (χ1v) is 8.53. The molecule has 0 bridgehead atoms. The number of para-hydroxylation sites is 1. The number of aromatic nitrogens is 1. The van der Waals surface area contributed by atoms with E-state index >= 15 is 0 Å². The van der Waals surface area contributed by atoms with Crippen molar-refractivity contribution in [1.82, 2.24) is 4.98 Å². The maximum Gasteiger partial charge on any atom is 0.306 e. The monoisotopic (exact) mass is 331 g/mol. The predicted octanol–water partition coefficient (Wildman–Crippen LogP) is 4.90. The highest BCUT2D eigenvalue weighted by molar-refractivity contribution is 5.80. The van der Waals surface area contributed by atoms with Crippen molar-refractivity contribution in [2.24, 2.45) is 0 Å². The van der Waals surface area contributed by atoms with Crippen molar-refractivity contribution in [2.75, 3.05) is 6.61 Å². The van der Waals surface area contributed by atoms with Crippen molar-refractivity contribution in [2.45, 2.75) is 19.8 Å². The van der Waals surface area contributed by atoms with E-state index in [1.807, 2.05) is 61.5 Å². The van der Waals surface area contributed by atoms with Gasteiger partial charge >= 0.3 is 5.97 Å². The summed E-state index contributed by atoms with van der Waals surface area (Å²) >= 11 is 0. The number of fused-ring (bicyclic) bond motifs is 1. The zero-order valence-electron chi connectivity index (χ0n) is 14.3. The third kappa shape index (κ3) is 4.77. The molecule has 0 aliphatic carbocycles. The number of carbonyl (C=O) groups is 1. The second kappa shape index (κ2) is 8.25. The summed E-state index contributed by atoms with van der Waals surface area (Å²) < 4.78 is 4.97. The zero-order valence-corrected chi connectivity index (χ0v) is 14.3. The Labute approximate surface area is 148 Å². The molecular weight excluding hydrogens is 310 g/mol. The fourth-order valence-electron chi connectivity index (χ4n) is 2.69. The first kappa shape index (κ1) is 16.9. The molecule has 25 heavy (non-hydrogen) atoms. The molecule has 3 aromatic rings. The second-order valence-corrected chi connectivity index (χ2v) is 5.81. The lowest BCUT2D eigenvalue weighted by atomic mass is 10.1. The van der Waals surface area contributed by atoms with Gasteiger partial charge in [-0.05, 0) is 42.7 Å². The third-order valence-electron chi connectivity index (χ3n) is 3.94. The van der Waals surface area contributed by atoms with Gasteiger partial charge in [-0.1, -0.05) is 54.6 Å². The lowest BCUT2D eigenvalue weighted by Crippen LogP contribution is -2.05. The third-order valence-corrected chi connectivity index (χ3v) is 3.94. The molecule has 0 saturated carbocycles. The van der Waals surface area contributed by atoms with E-state index < -0.39 is 0 Å². The summed E-state index contributed by atoms with van der Waals surface area (Å²) in [7, 11) is 0. The van der Waals surface area contributed by atoms with E-state index in [-0.39, 0.29) is 5.97 Å². The van der Waals surface area contributed by atoms with Crippen molar-refractivity contribution in [3.05, 3.63) is 77.5 Å². The molecular formula is C22H21NO2. The Hall–Kier alpha value is -2.94. The molecule has 0 radical (unpaired) electrons. The molecule has 3 heteroatoms. The van der Waals surface area contributed by atoms with E-state index in [9.17, 15) is 4.79 Å². The van der Waals surface area contributed by atoms with E-state index in [0.717, 1.165) is 27.7 Å². The Balaban J connectivity index is 1.70. The Morgan fingerprint density at radius 3 is 2.80 bits per heavy atom. The van der Waals surface area contributed by atoms with Crippen molar-refractivity contribution in [3.8, 4) is 0 Å². The summed E-state index contributed by atoms with van der Waals surface area (Å²) in [4.78, 5) is 16.1. The summed E-state index contributed by atoms with van der Waals surface area (Å²) in [5, 5.41) is 1.14. The smallest absolute Gasteiger partial charge is 0.306 e. The molecule has 0 unspecified atom stereocenters. The second-order valence-electron chi connectivity index (χ2n) is 5.81. The Morgan fingerprint density at radius 1 is 1.04 bits per heavy atom. The minimum Gasteiger partial charge on any atom is -0.466 e. The standard InChI is InChI=1S/C22H21NO2/c1-2-25-22(24)15-11-18-7-5-6-17(16-18)10-13-20-14-12-19-8-3-4-9-21(19)23-20/h3-10,12-14,16H,2,11,15H2,1H3/b13-10+. The van der Waals surface area contributed by atoms with E-state index in [2.05, 4.69) is 23.2 Å². The number of ether oxygens (including phenoxy) is 1. The largest absolute Gasteiger partial charge is 0.466 e. The molecule has 0 atom stereocenters. The minimum atomic E-state index is -0.149. The number of aryl methyl sites for hydroxylation is 1. The zero-order chi connectivity index (χ0) is 17.5. The molecule has 0 amide bonds. The van der Waals surface area contributed by atoms with Crippen molar-refractivity contribution in [3.63, 3.8) is 0 Å². The number of hydrogen-bond donors (Lipinski definition) is 0. The first-order chi connectivity index (χ1) is 12.2. The van der Waals surface area contributed by atoms with E-state index in [1.165, 1.54) is 0 Å². The number of esters is 1. The van der Waals surface area contributed by atoms with Crippen molar-refractivity contribution < 1.29 is 9.53 Å². The summed E-state index contributed by atoms with van der Waals surface area (Å²) in [5.74, 6) is -0.149. The SMILES string of the molecule is CCOC(=O)CCc1cccc(/C=C/c2ccc3ccccc3n2)c1. The highest BCUT2D eigenvalue weighted by atomic mass is 16.5. The van der Waals surface area contributed by atoms with Crippen LogP contribution in [0.1, 0.15) is 30.2 Å². The van der Waals surface area contributed by atoms with Gasteiger partial charge in [-0.15, -0.1) is 0 Å². The van der Waals surface area contributed by atoms with Crippen molar-refractivity contribution >= 4 is 29.0 Å². The van der Waals surface area contributed by atoms with Gasteiger partial charge in [-0.25, -0.2) is 4.98 Å². The molecule has 0 saturated heterocycles. The number of rotatable bonds is 6. The van der Waals surface area contributed by atoms with Crippen LogP contribution in [-0.2, 0) is 16.0 Å². The molecule has 0 aliphatic rings. The minimum absolute atomic E-state index is 0.149. The van der Waals surface area contributed by atoms with Gasteiger partial charge in [0, 0.05) is 11.8 Å². The average molecular weight is 331 g/mol. The van der Waals surface area contributed by atoms with Gasteiger partial charge in [0.1, 0.15) is 0 Å².